The molecule has 6 heteroatoms. The van der Waals surface area contributed by atoms with Crippen molar-refractivity contribution in [1.82, 2.24) is 15.3 Å². The average molecular weight is 324 g/mol. The molecule has 0 aliphatic heterocycles. The summed E-state index contributed by atoms with van der Waals surface area (Å²) in [6.07, 6.45) is 0. The average Bonchev–Trinajstić information content (AvgIpc) is 2.44. The third-order valence-corrected chi connectivity index (χ3v) is 4.00. The van der Waals surface area contributed by atoms with Crippen molar-refractivity contribution in [2.45, 2.75) is 37.1 Å². The number of rotatable bonds is 6. The Kier molecular flexibility index (Phi) is 5.85. The van der Waals surface area contributed by atoms with Gasteiger partial charge in [0.25, 0.3) is 5.56 Å². The first-order valence-corrected chi connectivity index (χ1v) is 8.10. The molecule has 0 fully saturated rings. The van der Waals surface area contributed by atoms with Gasteiger partial charge in [-0.15, -0.1) is 11.8 Å². The molecular weight excluding hydrogens is 306 g/mol. The van der Waals surface area contributed by atoms with E-state index in [-0.39, 0.29) is 5.56 Å². The van der Waals surface area contributed by atoms with Crippen LogP contribution in [0.5, 0.6) is 0 Å². The standard InChI is InChI=1S/C15H18ClN3OS/c1-10(2)17-8-12-7-15(20)19-14(18-12)9-21-13-5-3-11(16)4-6-13/h3-7,10,17H,8-9H2,1-2H3,(H,18,19,20). The molecule has 0 aliphatic rings. The lowest BCUT2D eigenvalue weighted by atomic mass is 10.3. The first kappa shape index (κ1) is 16.1. The zero-order valence-electron chi connectivity index (χ0n) is 12.0. The largest absolute Gasteiger partial charge is 0.310 e. The van der Waals surface area contributed by atoms with Crippen molar-refractivity contribution < 1.29 is 0 Å². The van der Waals surface area contributed by atoms with Crippen LogP contribution in [0, 0.1) is 0 Å². The van der Waals surface area contributed by atoms with Crippen LogP contribution in [0.15, 0.2) is 40.0 Å². The topological polar surface area (TPSA) is 57.8 Å². The summed E-state index contributed by atoms with van der Waals surface area (Å²) < 4.78 is 0. The van der Waals surface area contributed by atoms with Crippen LogP contribution in [0.2, 0.25) is 5.02 Å². The van der Waals surface area contributed by atoms with Crippen LogP contribution in [-0.2, 0) is 12.3 Å². The molecule has 0 bridgehead atoms. The maximum Gasteiger partial charge on any atom is 0.251 e. The van der Waals surface area contributed by atoms with E-state index >= 15 is 0 Å². The fourth-order valence-corrected chi connectivity index (χ4v) is 2.61. The lowest BCUT2D eigenvalue weighted by molar-refractivity contribution is 0.579. The van der Waals surface area contributed by atoms with Gasteiger partial charge in [-0.3, -0.25) is 4.79 Å². The molecule has 0 saturated carbocycles. The van der Waals surface area contributed by atoms with Gasteiger partial charge in [-0.25, -0.2) is 4.98 Å². The fraction of sp³-hybridized carbons (Fsp3) is 0.333. The molecule has 4 nitrogen and oxygen atoms in total. The summed E-state index contributed by atoms with van der Waals surface area (Å²) in [5.74, 6) is 1.30. The molecule has 0 aliphatic carbocycles. The minimum atomic E-state index is -0.114. The molecule has 112 valence electrons. The molecule has 1 aromatic heterocycles. The number of hydrogen-bond donors (Lipinski definition) is 2. The lowest BCUT2D eigenvalue weighted by Gasteiger charge is -2.08. The van der Waals surface area contributed by atoms with Gasteiger partial charge >= 0.3 is 0 Å². The number of thioether (sulfide) groups is 1. The van der Waals surface area contributed by atoms with Crippen LogP contribution >= 0.6 is 23.4 Å². The highest BCUT2D eigenvalue weighted by Gasteiger charge is 2.04. The molecule has 0 atom stereocenters. The highest BCUT2D eigenvalue weighted by Crippen LogP contribution is 2.22. The predicted octanol–water partition coefficient (Wildman–Crippen LogP) is 3.21. The van der Waals surface area contributed by atoms with Gasteiger partial charge in [0.05, 0.1) is 11.4 Å². The van der Waals surface area contributed by atoms with E-state index in [0.29, 0.717) is 29.2 Å². The summed E-state index contributed by atoms with van der Waals surface area (Å²) in [7, 11) is 0. The van der Waals surface area contributed by atoms with E-state index in [9.17, 15) is 4.79 Å². The monoisotopic (exact) mass is 323 g/mol. The first-order valence-electron chi connectivity index (χ1n) is 6.74. The van der Waals surface area contributed by atoms with Gasteiger partial charge in [-0.05, 0) is 24.3 Å². The molecule has 21 heavy (non-hydrogen) atoms. The van der Waals surface area contributed by atoms with Gasteiger partial charge < -0.3 is 10.3 Å². The van der Waals surface area contributed by atoms with Crippen molar-refractivity contribution in [2.75, 3.05) is 0 Å². The van der Waals surface area contributed by atoms with Crippen LogP contribution in [0.25, 0.3) is 0 Å². The zero-order valence-corrected chi connectivity index (χ0v) is 13.6. The van der Waals surface area contributed by atoms with Crippen LogP contribution in [0.3, 0.4) is 0 Å². The highest BCUT2D eigenvalue weighted by molar-refractivity contribution is 7.98. The SMILES string of the molecule is CC(C)NCc1cc(=O)[nH]c(CSc2ccc(Cl)cc2)n1. The molecule has 0 unspecified atom stereocenters. The van der Waals surface area contributed by atoms with Crippen LogP contribution in [-0.4, -0.2) is 16.0 Å². The molecule has 2 rings (SSSR count). The molecular formula is C15H18ClN3OS. The lowest BCUT2D eigenvalue weighted by Crippen LogP contribution is -2.24. The second-order valence-electron chi connectivity index (χ2n) is 4.96. The number of nitrogens with zero attached hydrogens (tertiary/aromatic N) is 1. The van der Waals surface area contributed by atoms with Gasteiger partial charge in [0.1, 0.15) is 5.82 Å². The van der Waals surface area contributed by atoms with Crippen molar-refractivity contribution in [2.24, 2.45) is 0 Å². The molecule has 0 radical (unpaired) electrons. The van der Waals surface area contributed by atoms with Gasteiger partial charge in [0, 0.05) is 28.6 Å². The highest BCUT2D eigenvalue weighted by atomic mass is 35.5. The van der Waals surface area contributed by atoms with Gasteiger partial charge in [0.2, 0.25) is 0 Å². The Morgan fingerprint density at radius 2 is 2.05 bits per heavy atom. The smallest absolute Gasteiger partial charge is 0.251 e. The molecule has 0 amide bonds. The minimum absolute atomic E-state index is 0.114. The summed E-state index contributed by atoms with van der Waals surface area (Å²) >= 11 is 7.47. The first-order chi connectivity index (χ1) is 10.0. The second-order valence-corrected chi connectivity index (χ2v) is 6.45. The fourth-order valence-electron chi connectivity index (χ4n) is 1.71. The van der Waals surface area contributed by atoms with Crippen LogP contribution < -0.4 is 10.9 Å². The molecule has 0 saturated heterocycles. The second kappa shape index (κ2) is 7.64. The van der Waals surface area contributed by atoms with Crippen molar-refractivity contribution >= 4 is 23.4 Å². The Morgan fingerprint density at radius 3 is 2.71 bits per heavy atom. The summed E-state index contributed by atoms with van der Waals surface area (Å²) in [5.41, 5.74) is 0.649. The summed E-state index contributed by atoms with van der Waals surface area (Å²) in [4.78, 5) is 20.0. The number of aromatic amines is 1. The van der Waals surface area contributed by atoms with Gasteiger partial charge in [0.15, 0.2) is 0 Å². The van der Waals surface area contributed by atoms with E-state index in [4.69, 9.17) is 11.6 Å². The summed E-state index contributed by atoms with van der Waals surface area (Å²) in [6.45, 7) is 4.72. The van der Waals surface area contributed by atoms with Gasteiger partial charge in [-0.2, -0.15) is 0 Å². The minimum Gasteiger partial charge on any atom is -0.310 e. The molecule has 1 heterocycles. The normalized spacial score (nSPS) is 11.0. The van der Waals surface area contributed by atoms with E-state index in [1.165, 1.54) is 6.07 Å². The Bertz CT molecular complexity index is 640. The maximum absolute atomic E-state index is 11.7. The van der Waals surface area contributed by atoms with Crippen molar-refractivity contribution in [3.05, 3.63) is 57.2 Å². The van der Waals surface area contributed by atoms with E-state index in [0.717, 1.165) is 10.6 Å². The van der Waals surface area contributed by atoms with Gasteiger partial charge in [-0.1, -0.05) is 25.4 Å². The Morgan fingerprint density at radius 1 is 1.33 bits per heavy atom. The Labute approximate surface area is 133 Å². The third-order valence-electron chi connectivity index (χ3n) is 2.72. The number of nitrogens with one attached hydrogen (secondary N) is 2. The number of benzene rings is 1. The molecule has 1 aromatic carbocycles. The molecule has 0 spiro atoms. The molecule has 2 aromatic rings. The Hall–Kier alpha value is -1.30. The van der Waals surface area contributed by atoms with Crippen LogP contribution in [0.4, 0.5) is 0 Å². The van der Waals surface area contributed by atoms with E-state index < -0.39 is 0 Å². The Balaban J connectivity index is 2.02. The van der Waals surface area contributed by atoms with E-state index in [2.05, 4.69) is 29.1 Å². The molecule has 2 N–H and O–H groups in total. The van der Waals surface area contributed by atoms with Crippen molar-refractivity contribution in [1.29, 1.82) is 0 Å². The van der Waals surface area contributed by atoms with E-state index in [1.807, 2.05) is 24.3 Å². The van der Waals surface area contributed by atoms with Crippen molar-refractivity contribution in [3.8, 4) is 0 Å². The predicted molar refractivity (Wildman–Crippen MR) is 87.8 cm³/mol. The number of H-pyrrole nitrogens is 1. The number of halogens is 1. The number of aromatic nitrogens is 2. The zero-order chi connectivity index (χ0) is 15.2. The number of hydrogen-bond acceptors (Lipinski definition) is 4. The third kappa shape index (κ3) is 5.53. The summed E-state index contributed by atoms with van der Waals surface area (Å²) in [6, 6.07) is 9.50. The summed E-state index contributed by atoms with van der Waals surface area (Å²) in [5, 5.41) is 3.97. The quantitative estimate of drug-likeness (QED) is 0.801. The maximum atomic E-state index is 11.7. The van der Waals surface area contributed by atoms with Crippen LogP contribution in [0.1, 0.15) is 25.4 Å². The van der Waals surface area contributed by atoms with Crippen molar-refractivity contribution in [3.63, 3.8) is 0 Å². The van der Waals surface area contributed by atoms with E-state index in [1.54, 1.807) is 11.8 Å².